The number of ether oxygens (including phenoxy) is 1. The average molecular weight is 545 g/mol. The summed E-state index contributed by atoms with van der Waals surface area (Å²) in [5.74, 6) is 1.13. The van der Waals surface area contributed by atoms with E-state index in [-0.39, 0.29) is 26.7 Å². The summed E-state index contributed by atoms with van der Waals surface area (Å²) in [7, 11) is -3.36. The van der Waals surface area contributed by atoms with Crippen molar-refractivity contribution in [2.45, 2.75) is 37.3 Å². The van der Waals surface area contributed by atoms with Crippen molar-refractivity contribution in [3.8, 4) is 35.0 Å². The predicted molar refractivity (Wildman–Crippen MR) is 138 cm³/mol. The van der Waals surface area contributed by atoms with Gasteiger partial charge in [0.1, 0.15) is 5.69 Å². The molecular formula is C25H25ClN4O6S. The number of phenols is 1. The number of benzene rings is 2. The van der Waals surface area contributed by atoms with Gasteiger partial charge in [-0.05, 0) is 45.0 Å². The van der Waals surface area contributed by atoms with E-state index in [1.807, 2.05) is 0 Å². The summed E-state index contributed by atoms with van der Waals surface area (Å²) in [6, 6.07) is 9.05. The highest BCUT2D eigenvalue weighted by Crippen LogP contribution is 2.39. The van der Waals surface area contributed by atoms with Crippen molar-refractivity contribution in [1.29, 1.82) is 0 Å². The molecule has 37 heavy (non-hydrogen) atoms. The van der Waals surface area contributed by atoms with Crippen LogP contribution >= 0.6 is 11.6 Å². The molecule has 4 N–H and O–H groups in total. The Labute approximate surface area is 219 Å². The third-order valence-corrected chi connectivity index (χ3v) is 6.54. The molecule has 2 amide bonds. The van der Waals surface area contributed by atoms with Crippen molar-refractivity contribution >= 4 is 33.4 Å². The van der Waals surface area contributed by atoms with Crippen molar-refractivity contribution in [1.82, 2.24) is 15.1 Å². The topological polar surface area (TPSA) is 154 Å². The zero-order valence-electron chi connectivity index (χ0n) is 20.4. The lowest BCUT2D eigenvalue weighted by Crippen LogP contribution is -2.41. The standard InChI is InChI=1S/C25H25ClN4O6S/c1-6-19(36-24(27)33)16-13-18(22(31)21(26)20(16)23(32)28-25(2,3)4)30-12-11-17(29-30)14-7-9-15(10-8-14)37(5,34)35/h1,7-13,19,31H,2-5H3,(H2,27,33)(H,28,32). The Hall–Kier alpha value is -4.01. The predicted octanol–water partition coefficient (Wildman–Crippen LogP) is 3.60. The maximum Gasteiger partial charge on any atom is 0.406 e. The second-order valence-electron chi connectivity index (χ2n) is 9.15. The fraction of sp³-hybridized carbons (Fsp3) is 0.240. The first kappa shape index (κ1) is 27.6. The number of rotatable bonds is 6. The fourth-order valence-corrected chi connectivity index (χ4v) is 4.37. The molecular weight excluding hydrogens is 520 g/mol. The Kier molecular flexibility index (Phi) is 7.57. The van der Waals surface area contributed by atoms with E-state index in [0.29, 0.717) is 11.3 Å². The van der Waals surface area contributed by atoms with Crippen LogP contribution in [0.1, 0.15) is 42.8 Å². The number of phenolic OH excluding ortho intramolecular Hbond substituents is 1. The van der Waals surface area contributed by atoms with Gasteiger partial charge in [0.05, 0.1) is 21.2 Å². The molecule has 0 aliphatic carbocycles. The van der Waals surface area contributed by atoms with Crippen LogP contribution in [0.5, 0.6) is 5.75 Å². The molecule has 0 fully saturated rings. The lowest BCUT2D eigenvalue weighted by molar-refractivity contribution is 0.0910. The highest BCUT2D eigenvalue weighted by atomic mass is 35.5. The number of aromatic nitrogens is 2. The number of carbonyl (C=O) groups excluding carboxylic acids is 2. The number of hydrogen-bond acceptors (Lipinski definition) is 7. The van der Waals surface area contributed by atoms with Crippen LogP contribution in [0.2, 0.25) is 5.02 Å². The number of hydrogen-bond donors (Lipinski definition) is 3. The number of amides is 2. The van der Waals surface area contributed by atoms with E-state index in [9.17, 15) is 23.1 Å². The van der Waals surface area contributed by atoms with E-state index in [2.05, 4.69) is 16.3 Å². The van der Waals surface area contributed by atoms with Gasteiger partial charge in [0.15, 0.2) is 21.7 Å². The Morgan fingerprint density at radius 1 is 1.24 bits per heavy atom. The molecule has 1 unspecified atom stereocenters. The molecule has 0 saturated carbocycles. The third-order valence-electron chi connectivity index (χ3n) is 5.05. The first-order valence-corrected chi connectivity index (χ1v) is 13.1. The number of sulfone groups is 1. The van der Waals surface area contributed by atoms with Gasteiger partial charge in [-0.2, -0.15) is 5.10 Å². The highest BCUT2D eigenvalue weighted by Gasteiger charge is 2.30. The number of nitrogens with two attached hydrogens (primary N) is 1. The molecule has 0 bridgehead atoms. The number of aromatic hydroxyl groups is 1. The van der Waals surface area contributed by atoms with E-state index in [1.165, 1.54) is 29.1 Å². The number of halogens is 1. The van der Waals surface area contributed by atoms with Gasteiger partial charge in [0.25, 0.3) is 5.91 Å². The maximum atomic E-state index is 13.1. The summed E-state index contributed by atoms with van der Waals surface area (Å²) in [6.07, 6.45) is 5.62. The SMILES string of the molecule is C#CC(OC(N)=O)c1cc(-n2ccc(-c3ccc(S(C)(=O)=O)cc3)n2)c(O)c(Cl)c1C(=O)NC(C)(C)C. The monoisotopic (exact) mass is 544 g/mol. The Bertz CT molecular complexity index is 1520. The number of primary amides is 1. The van der Waals surface area contributed by atoms with Crippen molar-refractivity contribution in [3.63, 3.8) is 0 Å². The second kappa shape index (κ2) is 10.2. The molecule has 3 aromatic rings. The molecule has 1 heterocycles. The molecule has 1 atom stereocenters. The Balaban J connectivity index is 2.15. The average Bonchev–Trinajstić information content (AvgIpc) is 3.27. The zero-order valence-corrected chi connectivity index (χ0v) is 22.0. The maximum absolute atomic E-state index is 13.1. The number of nitrogens with zero attached hydrogens (tertiary/aromatic N) is 2. The van der Waals surface area contributed by atoms with Gasteiger partial charge in [-0.25, -0.2) is 17.9 Å². The zero-order chi connectivity index (χ0) is 27.7. The van der Waals surface area contributed by atoms with Crippen LogP contribution in [0, 0.1) is 12.3 Å². The highest BCUT2D eigenvalue weighted by molar-refractivity contribution is 7.90. The van der Waals surface area contributed by atoms with Gasteiger partial charge in [-0.15, -0.1) is 6.42 Å². The van der Waals surface area contributed by atoms with Crippen molar-refractivity contribution in [3.05, 3.63) is 58.7 Å². The summed E-state index contributed by atoms with van der Waals surface area (Å²) in [6.45, 7) is 5.25. The summed E-state index contributed by atoms with van der Waals surface area (Å²) in [5, 5.41) is 17.8. The molecule has 194 valence electrons. The summed E-state index contributed by atoms with van der Waals surface area (Å²) < 4.78 is 29.8. The largest absolute Gasteiger partial charge is 0.504 e. The quantitative estimate of drug-likeness (QED) is 0.400. The van der Waals surface area contributed by atoms with Crippen LogP contribution in [0.4, 0.5) is 4.79 Å². The minimum absolute atomic E-state index is 0.00963. The molecule has 0 radical (unpaired) electrons. The van der Waals surface area contributed by atoms with E-state index < -0.39 is 39.2 Å². The first-order valence-electron chi connectivity index (χ1n) is 10.8. The summed E-state index contributed by atoms with van der Waals surface area (Å²) in [4.78, 5) is 24.7. The molecule has 1 aromatic heterocycles. The molecule has 2 aromatic carbocycles. The first-order chi connectivity index (χ1) is 17.1. The van der Waals surface area contributed by atoms with Crippen molar-refractivity contribution in [2.75, 3.05) is 6.26 Å². The van der Waals surface area contributed by atoms with E-state index in [0.717, 1.165) is 6.26 Å². The van der Waals surface area contributed by atoms with Gasteiger partial charge in [0.2, 0.25) is 0 Å². The summed E-state index contributed by atoms with van der Waals surface area (Å²) in [5.41, 5.74) is 5.42. The molecule has 0 aliphatic rings. The van der Waals surface area contributed by atoms with E-state index in [1.54, 1.807) is 39.0 Å². The third kappa shape index (κ3) is 6.22. The van der Waals surface area contributed by atoms with Crippen LogP contribution in [0.25, 0.3) is 16.9 Å². The van der Waals surface area contributed by atoms with Crippen LogP contribution in [0.3, 0.4) is 0 Å². The van der Waals surface area contributed by atoms with E-state index >= 15 is 0 Å². The summed E-state index contributed by atoms with van der Waals surface area (Å²) >= 11 is 6.45. The van der Waals surface area contributed by atoms with Crippen LogP contribution < -0.4 is 11.1 Å². The second-order valence-corrected chi connectivity index (χ2v) is 11.5. The normalized spacial score (nSPS) is 12.4. The molecule has 10 nitrogen and oxygen atoms in total. The number of terminal acetylenes is 1. The minimum atomic E-state index is -3.36. The van der Waals surface area contributed by atoms with Gasteiger partial charge in [-0.3, -0.25) is 4.79 Å². The molecule has 12 heteroatoms. The fourth-order valence-electron chi connectivity index (χ4n) is 3.45. The van der Waals surface area contributed by atoms with Crippen molar-refractivity contribution < 1.29 is 27.9 Å². The smallest absolute Gasteiger partial charge is 0.406 e. The number of carbonyl (C=O) groups is 2. The van der Waals surface area contributed by atoms with Gasteiger partial charge in [0, 0.05) is 29.1 Å². The van der Waals surface area contributed by atoms with Gasteiger partial charge >= 0.3 is 6.09 Å². The van der Waals surface area contributed by atoms with E-state index in [4.69, 9.17) is 28.5 Å². The molecule has 0 saturated heterocycles. The van der Waals surface area contributed by atoms with Crippen LogP contribution in [-0.4, -0.2) is 47.1 Å². The lowest BCUT2D eigenvalue weighted by atomic mass is 9.98. The van der Waals surface area contributed by atoms with Crippen LogP contribution in [0.15, 0.2) is 47.5 Å². The minimum Gasteiger partial charge on any atom is -0.504 e. The van der Waals surface area contributed by atoms with Gasteiger partial charge in [-0.1, -0.05) is 29.7 Å². The molecule has 3 rings (SSSR count). The Morgan fingerprint density at radius 2 is 1.86 bits per heavy atom. The molecule has 0 spiro atoms. The lowest BCUT2D eigenvalue weighted by Gasteiger charge is -2.24. The van der Waals surface area contributed by atoms with Gasteiger partial charge < -0.3 is 20.9 Å². The number of nitrogens with one attached hydrogen (secondary N) is 1. The van der Waals surface area contributed by atoms with Crippen molar-refractivity contribution in [2.24, 2.45) is 5.73 Å². The molecule has 0 aliphatic heterocycles. The van der Waals surface area contributed by atoms with Crippen LogP contribution in [-0.2, 0) is 14.6 Å². The Morgan fingerprint density at radius 3 is 2.38 bits per heavy atom.